The van der Waals surface area contributed by atoms with Gasteiger partial charge >= 0.3 is 0 Å². The Hall–Kier alpha value is -2.40. The maximum Gasteiger partial charge on any atom is 0.118 e. The smallest absolute Gasteiger partial charge is 0.118 e. The number of hydrogen-bond acceptors (Lipinski definition) is 2. The van der Waals surface area contributed by atoms with E-state index < -0.39 is 0 Å². The van der Waals surface area contributed by atoms with Gasteiger partial charge in [-0.2, -0.15) is 0 Å². The van der Waals surface area contributed by atoms with Gasteiger partial charge in [-0.05, 0) is 48.5 Å². The number of methoxy groups -OCH3 is 1. The molecule has 0 unspecified atom stereocenters. The van der Waals surface area contributed by atoms with Crippen LogP contribution >= 0.6 is 0 Å². The number of ether oxygens (including phenoxy) is 1. The van der Waals surface area contributed by atoms with Crippen LogP contribution in [0, 0.1) is 11.8 Å². The molecule has 2 nitrogen and oxygen atoms in total. The fourth-order valence-corrected chi connectivity index (χ4v) is 1.66. The number of benzene rings is 2. The van der Waals surface area contributed by atoms with E-state index in [-0.39, 0.29) is 0 Å². The van der Waals surface area contributed by atoms with Crippen LogP contribution in [0.3, 0.4) is 0 Å². The second-order valence-corrected chi connectivity index (χ2v) is 4.42. The third-order valence-corrected chi connectivity index (χ3v) is 2.82. The van der Waals surface area contributed by atoms with Gasteiger partial charge in [-0.25, -0.2) is 0 Å². The predicted octanol–water partition coefficient (Wildman–Crippen LogP) is 3.16. The first-order chi connectivity index (χ1) is 9.19. The second-order valence-electron chi connectivity index (χ2n) is 4.42. The third kappa shape index (κ3) is 3.53. The highest BCUT2D eigenvalue weighted by Gasteiger charge is 1.94. The summed E-state index contributed by atoms with van der Waals surface area (Å²) in [5.41, 5.74) is 3.17. The molecule has 0 bridgehead atoms. The molecule has 0 radical (unpaired) electrons. The molecule has 0 amide bonds. The topological polar surface area (TPSA) is 12.5 Å². The Morgan fingerprint density at radius 2 is 1.26 bits per heavy atom. The highest BCUT2D eigenvalue weighted by Crippen LogP contribution is 2.12. The molecule has 0 saturated heterocycles. The maximum absolute atomic E-state index is 5.11. The Kier molecular flexibility index (Phi) is 4.10. The van der Waals surface area contributed by atoms with Gasteiger partial charge in [0.25, 0.3) is 0 Å². The lowest BCUT2D eigenvalue weighted by Gasteiger charge is -2.11. The van der Waals surface area contributed by atoms with Crippen molar-refractivity contribution in [1.29, 1.82) is 0 Å². The van der Waals surface area contributed by atoms with Crippen LogP contribution in [-0.2, 0) is 0 Å². The minimum absolute atomic E-state index is 0.848. The Morgan fingerprint density at radius 1 is 0.789 bits per heavy atom. The van der Waals surface area contributed by atoms with Crippen LogP contribution in [0.15, 0.2) is 48.5 Å². The van der Waals surface area contributed by atoms with Crippen molar-refractivity contribution in [2.24, 2.45) is 0 Å². The molecular formula is C17H17NO. The summed E-state index contributed by atoms with van der Waals surface area (Å²) < 4.78 is 5.11. The zero-order chi connectivity index (χ0) is 13.7. The van der Waals surface area contributed by atoms with E-state index in [0.29, 0.717) is 0 Å². The molecule has 0 heterocycles. The lowest BCUT2D eigenvalue weighted by molar-refractivity contribution is 0.415. The van der Waals surface area contributed by atoms with Crippen molar-refractivity contribution in [2.75, 3.05) is 26.1 Å². The number of hydrogen-bond donors (Lipinski definition) is 0. The van der Waals surface area contributed by atoms with E-state index in [4.69, 9.17) is 4.74 Å². The second kappa shape index (κ2) is 5.97. The molecule has 0 atom stereocenters. The molecule has 0 aromatic heterocycles. The summed E-state index contributed by atoms with van der Waals surface area (Å²) in [7, 11) is 5.71. The van der Waals surface area contributed by atoms with Crippen molar-refractivity contribution < 1.29 is 4.74 Å². The summed E-state index contributed by atoms with van der Waals surface area (Å²) in [6.07, 6.45) is 0. The minimum atomic E-state index is 0.848. The van der Waals surface area contributed by atoms with E-state index in [2.05, 4.69) is 28.9 Å². The molecule has 2 rings (SSSR count). The fraction of sp³-hybridized carbons (Fsp3) is 0.176. The molecule has 2 heteroatoms. The molecule has 19 heavy (non-hydrogen) atoms. The zero-order valence-corrected chi connectivity index (χ0v) is 11.5. The molecule has 2 aromatic carbocycles. The van der Waals surface area contributed by atoms with Gasteiger partial charge in [0.1, 0.15) is 5.75 Å². The van der Waals surface area contributed by atoms with E-state index in [0.717, 1.165) is 16.9 Å². The van der Waals surface area contributed by atoms with Crippen LogP contribution in [0.1, 0.15) is 11.1 Å². The van der Waals surface area contributed by atoms with Gasteiger partial charge in [0.15, 0.2) is 0 Å². The number of anilines is 1. The zero-order valence-electron chi connectivity index (χ0n) is 11.5. The van der Waals surface area contributed by atoms with Crippen LogP contribution in [-0.4, -0.2) is 21.2 Å². The Balaban J connectivity index is 2.14. The molecule has 0 spiro atoms. The molecule has 2 aromatic rings. The summed E-state index contributed by atoms with van der Waals surface area (Å²) in [6.45, 7) is 0. The van der Waals surface area contributed by atoms with Crippen molar-refractivity contribution in [3.8, 4) is 17.6 Å². The van der Waals surface area contributed by atoms with Gasteiger partial charge in [-0.15, -0.1) is 0 Å². The standard InChI is InChI=1S/C17H17NO/c1-18(2)16-10-6-14(7-11-16)4-5-15-8-12-17(19-3)13-9-15/h6-13H,1-3H3. The Labute approximate surface area is 114 Å². The molecule has 0 aliphatic carbocycles. The summed E-state index contributed by atoms with van der Waals surface area (Å²) >= 11 is 0. The summed E-state index contributed by atoms with van der Waals surface area (Å²) in [4.78, 5) is 2.07. The van der Waals surface area contributed by atoms with E-state index in [1.807, 2.05) is 50.5 Å². The molecule has 0 fully saturated rings. The van der Waals surface area contributed by atoms with Crippen molar-refractivity contribution in [2.45, 2.75) is 0 Å². The van der Waals surface area contributed by atoms with Crippen LogP contribution in [0.4, 0.5) is 5.69 Å². The molecule has 0 aliphatic rings. The largest absolute Gasteiger partial charge is 0.497 e. The van der Waals surface area contributed by atoms with E-state index in [1.54, 1.807) is 7.11 Å². The quantitative estimate of drug-likeness (QED) is 0.760. The Morgan fingerprint density at radius 3 is 1.68 bits per heavy atom. The van der Waals surface area contributed by atoms with Crippen molar-refractivity contribution in [3.63, 3.8) is 0 Å². The van der Waals surface area contributed by atoms with Gasteiger partial charge in [-0.3, -0.25) is 0 Å². The highest BCUT2D eigenvalue weighted by molar-refractivity contribution is 5.51. The summed E-state index contributed by atoms with van der Waals surface area (Å²) in [6, 6.07) is 16.0. The van der Waals surface area contributed by atoms with Crippen LogP contribution < -0.4 is 9.64 Å². The average Bonchev–Trinajstić information content (AvgIpc) is 2.46. The van der Waals surface area contributed by atoms with E-state index in [9.17, 15) is 0 Å². The molecule has 0 N–H and O–H groups in total. The summed E-state index contributed by atoms with van der Waals surface area (Å²) in [5, 5.41) is 0. The lowest BCUT2D eigenvalue weighted by atomic mass is 10.1. The van der Waals surface area contributed by atoms with E-state index >= 15 is 0 Å². The van der Waals surface area contributed by atoms with Gasteiger partial charge in [0.2, 0.25) is 0 Å². The maximum atomic E-state index is 5.11. The van der Waals surface area contributed by atoms with E-state index in [1.165, 1.54) is 5.69 Å². The lowest BCUT2D eigenvalue weighted by Crippen LogP contribution is -2.07. The highest BCUT2D eigenvalue weighted by atomic mass is 16.5. The number of nitrogens with zero attached hydrogens (tertiary/aromatic N) is 1. The monoisotopic (exact) mass is 251 g/mol. The van der Waals surface area contributed by atoms with Crippen LogP contribution in [0.25, 0.3) is 0 Å². The first-order valence-corrected chi connectivity index (χ1v) is 6.12. The SMILES string of the molecule is COc1ccc(C#Cc2ccc(N(C)C)cc2)cc1. The first-order valence-electron chi connectivity index (χ1n) is 6.12. The van der Waals surface area contributed by atoms with Gasteiger partial charge in [0.05, 0.1) is 7.11 Å². The van der Waals surface area contributed by atoms with Crippen molar-refractivity contribution in [3.05, 3.63) is 59.7 Å². The molecule has 0 saturated carbocycles. The third-order valence-electron chi connectivity index (χ3n) is 2.82. The normalized spacial score (nSPS) is 9.42. The van der Waals surface area contributed by atoms with Gasteiger partial charge in [-0.1, -0.05) is 11.8 Å². The average molecular weight is 251 g/mol. The first kappa shape index (κ1) is 13.0. The fourth-order valence-electron chi connectivity index (χ4n) is 1.66. The summed E-state index contributed by atoms with van der Waals surface area (Å²) in [5.74, 6) is 7.15. The Bertz CT molecular complexity index is 586. The van der Waals surface area contributed by atoms with Crippen LogP contribution in [0.2, 0.25) is 0 Å². The van der Waals surface area contributed by atoms with Crippen molar-refractivity contribution >= 4 is 5.69 Å². The van der Waals surface area contributed by atoms with Gasteiger partial charge in [0, 0.05) is 30.9 Å². The molecule has 0 aliphatic heterocycles. The molecule has 96 valence electrons. The predicted molar refractivity (Wildman–Crippen MR) is 79.7 cm³/mol. The van der Waals surface area contributed by atoms with Gasteiger partial charge < -0.3 is 9.64 Å². The minimum Gasteiger partial charge on any atom is -0.497 e. The molecular weight excluding hydrogens is 234 g/mol. The van der Waals surface area contributed by atoms with Crippen LogP contribution in [0.5, 0.6) is 5.75 Å². The van der Waals surface area contributed by atoms with Crippen molar-refractivity contribution in [1.82, 2.24) is 0 Å². The number of rotatable bonds is 2.